The highest BCUT2D eigenvalue weighted by atomic mass is 32.2. The van der Waals surface area contributed by atoms with E-state index in [4.69, 9.17) is 5.73 Å². The fourth-order valence-electron chi connectivity index (χ4n) is 2.25. The van der Waals surface area contributed by atoms with Crippen molar-refractivity contribution in [2.75, 3.05) is 26.7 Å². The molecule has 1 aliphatic heterocycles. The van der Waals surface area contributed by atoms with Crippen LogP contribution in [-0.2, 0) is 14.8 Å². The van der Waals surface area contributed by atoms with Crippen LogP contribution in [0.3, 0.4) is 0 Å². The minimum absolute atomic E-state index is 0.0553. The summed E-state index contributed by atoms with van der Waals surface area (Å²) in [6, 6.07) is 6.75. The lowest BCUT2D eigenvalue weighted by Crippen LogP contribution is -2.31. The number of benzene rings is 1. The second-order valence-corrected chi connectivity index (χ2v) is 6.62. The van der Waals surface area contributed by atoms with E-state index in [0.717, 1.165) is 0 Å². The van der Waals surface area contributed by atoms with Gasteiger partial charge in [0.2, 0.25) is 5.91 Å². The van der Waals surface area contributed by atoms with Crippen LogP contribution in [0.1, 0.15) is 18.4 Å². The average molecular weight is 324 g/mol. The van der Waals surface area contributed by atoms with E-state index in [2.05, 4.69) is 9.71 Å². The molecule has 0 saturated heterocycles. The van der Waals surface area contributed by atoms with Crippen LogP contribution < -0.4 is 11.1 Å². The Morgan fingerprint density at radius 3 is 2.82 bits per heavy atom. The predicted octanol–water partition coefficient (Wildman–Crippen LogP) is -0.0776. The zero-order valence-electron chi connectivity index (χ0n) is 12.4. The number of hydrogen-bond acceptors (Lipinski definition) is 5. The predicted molar refractivity (Wildman–Crippen MR) is 84.1 cm³/mol. The van der Waals surface area contributed by atoms with E-state index in [1.165, 1.54) is 0 Å². The van der Waals surface area contributed by atoms with Crippen LogP contribution >= 0.6 is 0 Å². The fourth-order valence-corrected chi connectivity index (χ4v) is 3.50. The third kappa shape index (κ3) is 3.63. The molecular weight excluding hydrogens is 304 g/mol. The summed E-state index contributed by atoms with van der Waals surface area (Å²) in [6.07, 6.45) is 0.972. The van der Waals surface area contributed by atoms with Crippen LogP contribution in [0, 0.1) is 0 Å². The Bertz CT molecular complexity index is 685. The molecular formula is C14H20N4O3S. The number of amides is 1. The summed E-state index contributed by atoms with van der Waals surface area (Å²) in [5.41, 5.74) is 5.92. The Labute approximate surface area is 130 Å². The molecule has 120 valence electrons. The number of hydrogen-bond donors (Lipinski definition) is 2. The molecule has 0 fully saturated rings. The van der Waals surface area contributed by atoms with E-state index in [1.54, 1.807) is 36.2 Å². The quantitative estimate of drug-likeness (QED) is 0.761. The number of nitrogens with one attached hydrogen (secondary N) is 1. The average Bonchev–Trinajstić information content (AvgIpc) is 2.77. The summed E-state index contributed by atoms with van der Waals surface area (Å²) < 4.78 is 27.8. The third-order valence-electron chi connectivity index (χ3n) is 3.34. The van der Waals surface area contributed by atoms with Gasteiger partial charge in [0.25, 0.3) is 10.0 Å². The maximum atomic E-state index is 12.0. The molecule has 0 saturated carbocycles. The number of fused-ring (bicyclic) bond motifs is 1. The molecule has 1 amide bonds. The van der Waals surface area contributed by atoms with Gasteiger partial charge in [0.05, 0.1) is 0 Å². The van der Waals surface area contributed by atoms with E-state index in [9.17, 15) is 13.2 Å². The molecule has 1 aromatic rings. The first-order valence-electron chi connectivity index (χ1n) is 7.08. The van der Waals surface area contributed by atoms with Crippen LogP contribution in [0.4, 0.5) is 0 Å². The van der Waals surface area contributed by atoms with E-state index < -0.39 is 10.0 Å². The Kier molecular flexibility index (Phi) is 5.15. The molecule has 8 heteroatoms. The molecule has 22 heavy (non-hydrogen) atoms. The minimum atomic E-state index is -3.60. The number of amidine groups is 1. The lowest BCUT2D eigenvalue weighted by atomic mass is 10.2. The van der Waals surface area contributed by atoms with Gasteiger partial charge in [0.1, 0.15) is 10.7 Å². The largest absolute Gasteiger partial charge is 0.358 e. The minimum Gasteiger partial charge on any atom is -0.358 e. The van der Waals surface area contributed by atoms with Crippen molar-refractivity contribution in [2.45, 2.75) is 17.7 Å². The van der Waals surface area contributed by atoms with Gasteiger partial charge in [-0.3, -0.25) is 4.79 Å². The van der Waals surface area contributed by atoms with Gasteiger partial charge in [-0.25, -0.2) is 0 Å². The molecule has 1 aromatic carbocycles. The summed E-state index contributed by atoms with van der Waals surface area (Å²) in [6.45, 7) is 1.42. The van der Waals surface area contributed by atoms with E-state index in [-0.39, 0.29) is 10.8 Å². The molecule has 0 aromatic heterocycles. The number of carbonyl (C=O) groups excluding carboxylic acids is 1. The van der Waals surface area contributed by atoms with Gasteiger partial charge in [-0.2, -0.15) is 8.42 Å². The van der Waals surface area contributed by atoms with Crippen LogP contribution in [0.5, 0.6) is 0 Å². The zero-order valence-corrected chi connectivity index (χ0v) is 13.3. The smallest absolute Gasteiger partial charge is 0.285 e. The van der Waals surface area contributed by atoms with Crippen LogP contribution in [0.2, 0.25) is 0 Å². The normalized spacial score (nSPS) is 15.1. The van der Waals surface area contributed by atoms with Crippen LogP contribution in [-0.4, -0.2) is 51.7 Å². The molecule has 1 heterocycles. The topological polar surface area (TPSA) is 105 Å². The van der Waals surface area contributed by atoms with Crippen molar-refractivity contribution in [3.63, 3.8) is 0 Å². The van der Waals surface area contributed by atoms with Crippen molar-refractivity contribution in [1.82, 2.24) is 10.2 Å². The van der Waals surface area contributed by atoms with Crippen molar-refractivity contribution in [2.24, 2.45) is 10.1 Å². The lowest BCUT2D eigenvalue weighted by Gasteiger charge is -2.18. The first kappa shape index (κ1) is 16.4. The first-order valence-corrected chi connectivity index (χ1v) is 8.52. The Balaban J connectivity index is 1.97. The molecule has 0 bridgehead atoms. The van der Waals surface area contributed by atoms with Gasteiger partial charge in [-0.1, -0.05) is 12.1 Å². The van der Waals surface area contributed by atoms with Crippen molar-refractivity contribution in [1.29, 1.82) is 0 Å². The second kappa shape index (κ2) is 6.89. The maximum absolute atomic E-state index is 12.0. The highest BCUT2D eigenvalue weighted by Gasteiger charge is 2.30. The summed E-state index contributed by atoms with van der Waals surface area (Å²) in [7, 11) is -1.83. The van der Waals surface area contributed by atoms with Gasteiger partial charge >= 0.3 is 0 Å². The van der Waals surface area contributed by atoms with Gasteiger partial charge < -0.3 is 16.0 Å². The summed E-state index contributed by atoms with van der Waals surface area (Å²) >= 11 is 0. The highest BCUT2D eigenvalue weighted by molar-refractivity contribution is 7.90. The zero-order chi connectivity index (χ0) is 16.2. The van der Waals surface area contributed by atoms with Crippen molar-refractivity contribution in [3.8, 4) is 0 Å². The van der Waals surface area contributed by atoms with Crippen LogP contribution in [0.25, 0.3) is 0 Å². The molecule has 2 rings (SSSR count). The molecule has 0 unspecified atom stereocenters. The molecule has 0 radical (unpaired) electrons. The number of sulfonamides is 1. The summed E-state index contributed by atoms with van der Waals surface area (Å²) in [5.74, 6) is 0.373. The molecule has 0 aliphatic carbocycles. The summed E-state index contributed by atoms with van der Waals surface area (Å²) in [5, 5.41) is 2.70. The monoisotopic (exact) mass is 324 g/mol. The van der Waals surface area contributed by atoms with E-state index in [0.29, 0.717) is 43.9 Å². The lowest BCUT2D eigenvalue weighted by molar-refractivity contribution is -0.121. The summed E-state index contributed by atoms with van der Waals surface area (Å²) in [4.78, 5) is 13.5. The second-order valence-electron chi connectivity index (χ2n) is 5.05. The number of nitrogens with zero attached hydrogens (tertiary/aromatic N) is 2. The number of rotatable bonds is 6. The number of nitrogens with two attached hydrogens (primary N) is 1. The van der Waals surface area contributed by atoms with Crippen molar-refractivity contribution >= 4 is 21.8 Å². The van der Waals surface area contributed by atoms with E-state index >= 15 is 0 Å². The number of carbonyl (C=O) groups is 1. The molecule has 0 spiro atoms. The van der Waals surface area contributed by atoms with Gasteiger partial charge in [0.15, 0.2) is 0 Å². The Hall–Kier alpha value is -1.93. The molecule has 3 N–H and O–H groups in total. The molecule has 0 atom stereocenters. The van der Waals surface area contributed by atoms with Crippen molar-refractivity contribution in [3.05, 3.63) is 29.8 Å². The SMILES string of the molecule is CN(CCCC(=O)NCCN)C1=NS(=O)(=O)c2ccccc21. The Morgan fingerprint density at radius 1 is 1.36 bits per heavy atom. The van der Waals surface area contributed by atoms with Crippen molar-refractivity contribution < 1.29 is 13.2 Å². The van der Waals surface area contributed by atoms with Crippen LogP contribution in [0.15, 0.2) is 33.6 Å². The maximum Gasteiger partial charge on any atom is 0.285 e. The fraction of sp³-hybridized carbons (Fsp3) is 0.429. The highest BCUT2D eigenvalue weighted by Crippen LogP contribution is 2.26. The first-order chi connectivity index (χ1) is 10.5. The van der Waals surface area contributed by atoms with Gasteiger partial charge in [-0.15, -0.1) is 4.40 Å². The third-order valence-corrected chi connectivity index (χ3v) is 4.66. The van der Waals surface area contributed by atoms with E-state index in [1.807, 2.05) is 0 Å². The Morgan fingerprint density at radius 2 is 2.09 bits per heavy atom. The standard InChI is InChI=1S/C14H20N4O3S/c1-18(10-4-7-13(19)16-9-8-15)14-11-5-2-3-6-12(11)22(20,21)17-14/h2-3,5-6H,4,7-10,15H2,1H3,(H,16,19). The van der Waals surface area contributed by atoms with Gasteiger partial charge in [0, 0.05) is 38.7 Å². The van der Waals surface area contributed by atoms with Gasteiger partial charge in [-0.05, 0) is 18.6 Å². The molecule has 1 aliphatic rings. The molecule has 7 nitrogen and oxygen atoms in total.